The molecule has 17 heavy (non-hydrogen) atoms. The molecule has 1 N–H and O–H groups in total. The van der Waals surface area contributed by atoms with Crippen LogP contribution in [0.5, 0.6) is 0 Å². The van der Waals surface area contributed by atoms with Crippen molar-refractivity contribution in [3.63, 3.8) is 0 Å². The van der Waals surface area contributed by atoms with Gasteiger partial charge in [-0.25, -0.2) is 4.39 Å². The van der Waals surface area contributed by atoms with Crippen LogP contribution in [0.4, 0.5) is 10.1 Å². The second-order valence-corrected chi connectivity index (χ2v) is 4.25. The Bertz CT molecular complexity index is 339. The molecule has 0 aliphatic rings. The monoisotopic (exact) mass is 238 g/mol. The Morgan fingerprint density at radius 1 is 1.29 bits per heavy atom. The maximum Gasteiger partial charge on any atom is 0.146 e. The van der Waals surface area contributed by atoms with Crippen LogP contribution in [0.2, 0.25) is 0 Å². The van der Waals surface area contributed by atoms with Gasteiger partial charge in [-0.1, -0.05) is 19.4 Å². The number of benzene rings is 1. The Hall–Kier alpha value is -1.09. The highest BCUT2D eigenvalue weighted by molar-refractivity contribution is 5.49. The van der Waals surface area contributed by atoms with Crippen LogP contribution in [0.15, 0.2) is 18.2 Å². The van der Waals surface area contributed by atoms with E-state index in [0.717, 1.165) is 37.2 Å². The molecule has 0 saturated carbocycles. The summed E-state index contributed by atoms with van der Waals surface area (Å²) in [6.45, 7) is 6.70. The molecule has 0 fully saturated rings. The van der Waals surface area contributed by atoms with Crippen molar-refractivity contribution >= 4 is 5.69 Å². The van der Waals surface area contributed by atoms with Gasteiger partial charge in [0, 0.05) is 19.6 Å². The minimum atomic E-state index is -0.115. The van der Waals surface area contributed by atoms with Crippen molar-refractivity contribution in [1.82, 2.24) is 5.32 Å². The Morgan fingerprint density at radius 3 is 2.59 bits per heavy atom. The van der Waals surface area contributed by atoms with Gasteiger partial charge in [0.25, 0.3) is 0 Å². The quantitative estimate of drug-likeness (QED) is 0.785. The summed E-state index contributed by atoms with van der Waals surface area (Å²) in [6.07, 6.45) is 2.24. The Morgan fingerprint density at radius 2 is 2.06 bits per heavy atom. The minimum absolute atomic E-state index is 0.115. The topological polar surface area (TPSA) is 15.3 Å². The summed E-state index contributed by atoms with van der Waals surface area (Å²) in [6, 6.07) is 5.51. The molecule has 0 spiro atoms. The molecule has 1 aromatic carbocycles. The highest BCUT2D eigenvalue weighted by atomic mass is 19.1. The van der Waals surface area contributed by atoms with Crippen molar-refractivity contribution in [2.75, 3.05) is 25.0 Å². The summed E-state index contributed by atoms with van der Waals surface area (Å²) >= 11 is 0. The third kappa shape index (κ3) is 4.00. The summed E-state index contributed by atoms with van der Waals surface area (Å²) in [7, 11) is 1.87. The minimum Gasteiger partial charge on any atom is -0.369 e. The smallest absolute Gasteiger partial charge is 0.146 e. The van der Waals surface area contributed by atoms with Gasteiger partial charge >= 0.3 is 0 Å². The summed E-state index contributed by atoms with van der Waals surface area (Å²) < 4.78 is 14.0. The van der Waals surface area contributed by atoms with Gasteiger partial charge in [0.05, 0.1) is 5.69 Å². The lowest BCUT2D eigenvalue weighted by atomic mass is 10.1. The van der Waals surface area contributed by atoms with Crippen LogP contribution in [-0.2, 0) is 6.54 Å². The molecule has 0 bridgehead atoms. The lowest BCUT2D eigenvalue weighted by molar-refractivity contribution is 0.610. The van der Waals surface area contributed by atoms with E-state index in [1.165, 1.54) is 0 Å². The molecule has 0 atom stereocenters. The Labute approximate surface area is 104 Å². The number of unbranched alkanes of at least 4 members (excludes halogenated alkanes) is 1. The Balaban J connectivity index is 2.81. The average molecular weight is 238 g/mol. The predicted molar refractivity (Wildman–Crippen MR) is 72.0 cm³/mol. The number of halogens is 1. The first-order chi connectivity index (χ1) is 8.22. The standard InChI is InChI=1S/C14H23FN2/c1-4-6-9-17(5-2)14-8-7-12(11-16-3)10-13(14)15/h7-8,10,16H,4-6,9,11H2,1-3H3. The van der Waals surface area contributed by atoms with Gasteiger partial charge in [0.15, 0.2) is 0 Å². The number of hydrogen-bond donors (Lipinski definition) is 1. The highest BCUT2D eigenvalue weighted by Gasteiger charge is 2.09. The molecule has 0 aliphatic carbocycles. The molecule has 96 valence electrons. The van der Waals surface area contributed by atoms with Crippen LogP contribution in [0, 0.1) is 5.82 Å². The summed E-state index contributed by atoms with van der Waals surface area (Å²) in [4.78, 5) is 2.10. The molecule has 0 radical (unpaired) electrons. The third-order valence-electron chi connectivity index (χ3n) is 2.90. The van der Waals surface area contributed by atoms with Gasteiger partial charge < -0.3 is 10.2 Å². The van der Waals surface area contributed by atoms with Gasteiger partial charge in [-0.05, 0) is 38.1 Å². The van der Waals surface area contributed by atoms with Gasteiger partial charge in [0.2, 0.25) is 0 Å². The largest absolute Gasteiger partial charge is 0.369 e. The third-order valence-corrected chi connectivity index (χ3v) is 2.90. The molecule has 1 rings (SSSR count). The number of hydrogen-bond acceptors (Lipinski definition) is 2. The summed E-state index contributed by atoms with van der Waals surface area (Å²) in [5, 5.41) is 3.03. The second kappa shape index (κ2) is 7.28. The van der Waals surface area contributed by atoms with Crippen molar-refractivity contribution in [3.8, 4) is 0 Å². The molecule has 0 aliphatic heterocycles. The molecule has 3 heteroatoms. The maximum atomic E-state index is 14.0. The lowest BCUT2D eigenvalue weighted by Crippen LogP contribution is -2.25. The molecule has 2 nitrogen and oxygen atoms in total. The first-order valence-electron chi connectivity index (χ1n) is 6.40. The fourth-order valence-corrected chi connectivity index (χ4v) is 1.92. The molecule has 0 amide bonds. The number of nitrogens with one attached hydrogen (secondary N) is 1. The summed E-state index contributed by atoms with van der Waals surface area (Å²) in [5.74, 6) is -0.115. The van der Waals surface area contributed by atoms with E-state index in [0.29, 0.717) is 6.54 Å². The number of anilines is 1. The van der Waals surface area contributed by atoms with E-state index in [4.69, 9.17) is 0 Å². The molecular formula is C14H23FN2. The zero-order chi connectivity index (χ0) is 12.7. The van der Waals surface area contributed by atoms with Crippen molar-refractivity contribution in [3.05, 3.63) is 29.6 Å². The first-order valence-corrected chi connectivity index (χ1v) is 6.40. The molecule has 0 heterocycles. The van der Waals surface area contributed by atoms with Crippen LogP contribution in [0.1, 0.15) is 32.3 Å². The van der Waals surface area contributed by atoms with Gasteiger partial charge in [-0.15, -0.1) is 0 Å². The maximum absolute atomic E-state index is 14.0. The van der Waals surface area contributed by atoms with Crippen molar-refractivity contribution in [2.45, 2.75) is 33.2 Å². The number of nitrogens with zero attached hydrogens (tertiary/aromatic N) is 1. The van der Waals surface area contributed by atoms with E-state index in [9.17, 15) is 4.39 Å². The van der Waals surface area contributed by atoms with Gasteiger partial charge in [-0.3, -0.25) is 0 Å². The second-order valence-electron chi connectivity index (χ2n) is 4.25. The molecular weight excluding hydrogens is 215 g/mol. The van der Waals surface area contributed by atoms with Crippen LogP contribution < -0.4 is 10.2 Å². The SMILES string of the molecule is CCCCN(CC)c1ccc(CNC)cc1F. The number of rotatable bonds is 7. The molecule has 0 unspecified atom stereocenters. The average Bonchev–Trinajstić information content (AvgIpc) is 2.32. The Kier molecular flexibility index (Phi) is 5.98. The van der Waals surface area contributed by atoms with Crippen molar-refractivity contribution in [2.24, 2.45) is 0 Å². The van der Waals surface area contributed by atoms with Crippen LogP contribution in [0.25, 0.3) is 0 Å². The van der Waals surface area contributed by atoms with E-state index in [1.54, 1.807) is 6.07 Å². The van der Waals surface area contributed by atoms with Crippen molar-refractivity contribution in [1.29, 1.82) is 0 Å². The highest BCUT2D eigenvalue weighted by Crippen LogP contribution is 2.21. The normalized spacial score (nSPS) is 10.6. The van der Waals surface area contributed by atoms with E-state index < -0.39 is 0 Å². The summed E-state index contributed by atoms with van der Waals surface area (Å²) in [5.41, 5.74) is 1.71. The van der Waals surface area contributed by atoms with Gasteiger partial charge in [-0.2, -0.15) is 0 Å². The van der Waals surface area contributed by atoms with Crippen LogP contribution in [-0.4, -0.2) is 20.1 Å². The fourth-order valence-electron chi connectivity index (χ4n) is 1.92. The van der Waals surface area contributed by atoms with Crippen molar-refractivity contribution < 1.29 is 4.39 Å². The van der Waals surface area contributed by atoms with E-state index in [1.807, 2.05) is 19.2 Å². The first kappa shape index (κ1) is 14.0. The molecule has 1 aromatic rings. The van der Waals surface area contributed by atoms with E-state index in [-0.39, 0.29) is 5.82 Å². The zero-order valence-corrected chi connectivity index (χ0v) is 11.1. The molecule has 0 saturated heterocycles. The lowest BCUT2D eigenvalue weighted by Gasteiger charge is -2.23. The zero-order valence-electron chi connectivity index (χ0n) is 11.1. The van der Waals surface area contributed by atoms with Crippen LogP contribution in [0.3, 0.4) is 0 Å². The van der Waals surface area contributed by atoms with Gasteiger partial charge in [0.1, 0.15) is 5.82 Å². The van der Waals surface area contributed by atoms with Crippen LogP contribution >= 0.6 is 0 Å². The van der Waals surface area contributed by atoms with E-state index in [2.05, 4.69) is 24.1 Å². The predicted octanol–water partition coefficient (Wildman–Crippen LogP) is 3.17. The fraction of sp³-hybridized carbons (Fsp3) is 0.571. The van der Waals surface area contributed by atoms with E-state index >= 15 is 0 Å². The molecule has 0 aromatic heterocycles.